The predicted molar refractivity (Wildman–Crippen MR) is 42.9 cm³/mol. The van der Waals surface area contributed by atoms with Gasteiger partial charge >= 0.3 is 6.09 Å². The van der Waals surface area contributed by atoms with Crippen LogP contribution in [-0.2, 0) is 16.0 Å². The van der Waals surface area contributed by atoms with Crippen molar-refractivity contribution >= 4 is 17.4 Å². The second-order valence-electron chi connectivity index (χ2n) is 2.14. The molecule has 1 amide bonds. The normalized spacial score (nSPS) is 12.2. The molecule has 0 saturated carbocycles. The first-order valence-corrected chi connectivity index (χ1v) is 4.61. The van der Waals surface area contributed by atoms with E-state index in [9.17, 15) is 13.6 Å². The zero-order valence-electron chi connectivity index (χ0n) is 7.11. The number of unbranched alkanes of at least 4 members (excludes halogenated alkanes) is 1. The predicted octanol–water partition coefficient (Wildman–Crippen LogP) is 0.649. The van der Waals surface area contributed by atoms with Gasteiger partial charge in [-0.2, -0.15) is 0 Å². The molecule has 12 heavy (non-hydrogen) atoms. The summed E-state index contributed by atoms with van der Waals surface area (Å²) >= 11 is -2.53. The Morgan fingerprint density at radius 2 is 2.25 bits per heavy atom. The average molecular weight is 194 g/mol. The Morgan fingerprint density at radius 3 is 2.58 bits per heavy atom. The molecule has 0 aliphatic carbocycles. The van der Waals surface area contributed by atoms with Gasteiger partial charge in [-0.1, -0.05) is 13.3 Å². The van der Waals surface area contributed by atoms with Gasteiger partial charge in [-0.25, -0.2) is 9.10 Å². The fourth-order valence-electron chi connectivity index (χ4n) is 0.630. The Kier molecular flexibility index (Phi) is 5.65. The Bertz CT molecular complexity index is 173. The number of carbonyl (C=O) groups is 1. The number of hydrogen-bond donors (Lipinski definition) is 0. The van der Waals surface area contributed by atoms with E-state index >= 15 is 0 Å². The van der Waals surface area contributed by atoms with Gasteiger partial charge in [0.25, 0.3) is 0 Å². The van der Waals surface area contributed by atoms with E-state index in [1.807, 2.05) is 6.92 Å². The van der Waals surface area contributed by atoms with E-state index in [0.29, 0.717) is 10.7 Å². The summed E-state index contributed by atoms with van der Waals surface area (Å²) in [5.74, 6) is 0. The molecular formula is C6H12NO4S-. The monoisotopic (exact) mass is 194 g/mol. The van der Waals surface area contributed by atoms with E-state index in [1.165, 1.54) is 0 Å². The molecule has 1 atom stereocenters. The van der Waals surface area contributed by atoms with Crippen LogP contribution < -0.4 is 0 Å². The molecule has 0 aromatic carbocycles. The first-order valence-electron chi connectivity index (χ1n) is 3.58. The minimum Gasteiger partial charge on any atom is -0.755 e. The van der Waals surface area contributed by atoms with E-state index in [2.05, 4.69) is 4.74 Å². The largest absolute Gasteiger partial charge is 0.755 e. The van der Waals surface area contributed by atoms with Crippen LogP contribution in [0.15, 0.2) is 0 Å². The van der Waals surface area contributed by atoms with Crippen molar-refractivity contribution in [1.29, 1.82) is 0 Å². The van der Waals surface area contributed by atoms with Gasteiger partial charge in [-0.15, -0.1) is 0 Å². The molecule has 0 bridgehead atoms. The lowest BCUT2D eigenvalue weighted by Gasteiger charge is -2.22. The van der Waals surface area contributed by atoms with Crippen LogP contribution in [0.2, 0.25) is 0 Å². The highest BCUT2D eigenvalue weighted by atomic mass is 32.2. The fraction of sp³-hybridized carbons (Fsp3) is 0.833. The van der Waals surface area contributed by atoms with Crippen LogP contribution in [0, 0.1) is 0 Å². The summed E-state index contributed by atoms with van der Waals surface area (Å²) in [5, 5.41) is 0. The number of rotatable bonds is 4. The van der Waals surface area contributed by atoms with Crippen LogP contribution in [0.1, 0.15) is 19.8 Å². The zero-order chi connectivity index (χ0) is 9.56. The van der Waals surface area contributed by atoms with Gasteiger partial charge in [0.15, 0.2) is 0 Å². The molecule has 6 heteroatoms. The highest BCUT2D eigenvalue weighted by Gasteiger charge is 2.12. The quantitative estimate of drug-likeness (QED) is 0.616. The highest BCUT2D eigenvalue weighted by molar-refractivity contribution is 7.77. The third-order valence-corrected chi connectivity index (χ3v) is 1.96. The van der Waals surface area contributed by atoms with Crippen molar-refractivity contribution in [2.24, 2.45) is 0 Å². The Balaban J connectivity index is 4.04. The van der Waals surface area contributed by atoms with Crippen molar-refractivity contribution in [2.75, 3.05) is 13.7 Å². The van der Waals surface area contributed by atoms with Crippen LogP contribution in [-0.4, -0.2) is 32.8 Å². The molecule has 0 N–H and O–H groups in total. The summed E-state index contributed by atoms with van der Waals surface area (Å²) in [6.07, 6.45) is 0.630. The molecule has 0 spiro atoms. The summed E-state index contributed by atoms with van der Waals surface area (Å²) in [6.45, 7) is 2.09. The molecule has 0 saturated heterocycles. The lowest BCUT2D eigenvalue weighted by atomic mass is 10.3. The molecule has 0 rings (SSSR count). The van der Waals surface area contributed by atoms with Gasteiger partial charge in [0.2, 0.25) is 0 Å². The Labute approximate surface area is 74.1 Å². The van der Waals surface area contributed by atoms with Crippen molar-refractivity contribution in [3.8, 4) is 0 Å². The summed E-state index contributed by atoms with van der Waals surface area (Å²) in [7, 11) is 1.15. The van der Waals surface area contributed by atoms with Gasteiger partial charge < -0.3 is 9.29 Å². The summed E-state index contributed by atoms with van der Waals surface area (Å²) in [6, 6.07) is 0. The maximum Gasteiger partial charge on any atom is 0.420 e. The molecule has 5 nitrogen and oxygen atoms in total. The number of nitrogens with zero attached hydrogens (tertiary/aromatic N) is 1. The third-order valence-electron chi connectivity index (χ3n) is 1.27. The highest BCUT2D eigenvalue weighted by Crippen LogP contribution is 1.99. The summed E-state index contributed by atoms with van der Waals surface area (Å²) < 4.78 is 25.8. The van der Waals surface area contributed by atoms with Gasteiger partial charge in [0, 0.05) is 6.54 Å². The van der Waals surface area contributed by atoms with E-state index in [4.69, 9.17) is 0 Å². The zero-order valence-corrected chi connectivity index (χ0v) is 7.93. The minimum absolute atomic E-state index is 0.180. The van der Waals surface area contributed by atoms with Crippen molar-refractivity contribution in [3.05, 3.63) is 0 Å². The molecule has 0 aromatic rings. The SMILES string of the molecule is CCCCN(C(=O)OC)S(=O)[O-]. The first-order chi connectivity index (χ1) is 5.63. The lowest BCUT2D eigenvalue weighted by molar-refractivity contribution is 0.148. The van der Waals surface area contributed by atoms with E-state index < -0.39 is 17.4 Å². The van der Waals surface area contributed by atoms with Crippen molar-refractivity contribution in [3.63, 3.8) is 0 Å². The molecule has 0 aromatic heterocycles. The van der Waals surface area contributed by atoms with Crippen LogP contribution >= 0.6 is 0 Å². The molecule has 0 heterocycles. The van der Waals surface area contributed by atoms with Gasteiger partial charge in [0.1, 0.15) is 0 Å². The van der Waals surface area contributed by atoms with Crippen LogP contribution in [0.4, 0.5) is 4.79 Å². The van der Waals surface area contributed by atoms with E-state index in [0.717, 1.165) is 13.5 Å². The molecule has 0 aliphatic heterocycles. The molecule has 1 unspecified atom stereocenters. The standard InChI is InChI=1S/C6H13NO4S/c1-3-4-5-7(12(9)10)6(8)11-2/h3-5H2,1-2H3,(H,9,10)/p-1. The van der Waals surface area contributed by atoms with Crippen LogP contribution in [0.25, 0.3) is 0 Å². The fourth-order valence-corrected chi connectivity index (χ4v) is 1.10. The van der Waals surface area contributed by atoms with Crippen LogP contribution in [0.3, 0.4) is 0 Å². The maximum atomic E-state index is 10.8. The second kappa shape index (κ2) is 5.96. The molecule has 0 aliphatic rings. The van der Waals surface area contributed by atoms with Crippen molar-refractivity contribution in [1.82, 2.24) is 4.31 Å². The van der Waals surface area contributed by atoms with Crippen molar-refractivity contribution < 1.29 is 18.3 Å². The summed E-state index contributed by atoms with van der Waals surface area (Å²) in [4.78, 5) is 10.8. The van der Waals surface area contributed by atoms with Gasteiger partial charge in [-0.3, -0.25) is 4.21 Å². The lowest BCUT2D eigenvalue weighted by Crippen LogP contribution is -2.33. The Hall–Kier alpha value is -0.620. The van der Waals surface area contributed by atoms with E-state index in [-0.39, 0.29) is 6.54 Å². The minimum atomic E-state index is -2.53. The van der Waals surface area contributed by atoms with Crippen LogP contribution in [0.5, 0.6) is 0 Å². The number of carbonyl (C=O) groups excluding carboxylic acids is 1. The van der Waals surface area contributed by atoms with Gasteiger partial charge in [-0.05, 0) is 6.42 Å². The molecule has 72 valence electrons. The molecule has 0 fully saturated rings. The van der Waals surface area contributed by atoms with E-state index in [1.54, 1.807) is 0 Å². The maximum absolute atomic E-state index is 10.8. The average Bonchev–Trinajstić information content (AvgIpc) is 2.04. The number of methoxy groups -OCH3 is 1. The number of amides is 1. The number of hydrogen-bond acceptors (Lipinski definition) is 4. The number of ether oxygens (including phenoxy) is 1. The third kappa shape index (κ3) is 3.68. The first kappa shape index (κ1) is 11.4. The molecule has 0 radical (unpaired) electrons. The molecular weight excluding hydrogens is 182 g/mol. The topological polar surface area (TPSA) is 69.7 Å². The smallest absolute Gasteiger partial charge is 0.420 e. The second-order valence-corrected chi connectivity index (χ2v) is 3.02. The Morgan fingerprint density at radius 1 is 1.67 bits per heavy atom. The van der Waals surface area contributed by atoms with Gasteiger partial charge in [0.05, 0.1) is 18.4 Å². The summed E-state index contributed by atoms with van der Waals surface area (Å²) in [5.41, 5.74) is 0. The van der Waals surface area contributed by atoms with Crippen molar-refractivity contribution in [2.45, 2.75) is 19.8 Å².